The van der Waals surface area contributed by atoms with Gasteiger partial charge < -0.3 is 15.0 Å². The zero-order valence-electron chi connectivity index (χ0n) is 15.3. The molecule has 1 N–H and O–H groups in total. The third-order valence-corrected chi connectivity index (χ3v) is 5.01. The summed E-state index contributed by atoms with van der Waals surface area (Å²) in [5.41, 5.74) is 3.78. The van der Waals surface area contributed by atoms with Crippen LogP contribution in [0.2, 0.25) is 0 Å². The van der Waals surface area contributed by atoms with Crippen LogP contribution >= 0.6 is 15.9 Å². The molecule has 1 aliphatic rings. The Balaban J connectivity index is 1.78. The molecule has 0 atom stereocenters. The molecule has 3 rings (SSSR count). The fourth-order valence-corrected chi connectivity index (χ4v) is 3.81. The lowest BCUT2D eigenvalue weighted by atomic mass is 10.0. The van der Waals surface area contributed by atoms with Crippen molar-refractivity contribution < 1.29 is 4.74 Å². The summed E-state index contributed by atoms with van der Waals surface area (Å²) in [6, 6.07) is 8.43. The molecule has 2 aromatic rings. The molecule has 25 heavy (non-hydrogen) atoms. The van der Waals surface area contributed by atoms with Gasteiger partial charge in [-0.25, -0.2) is 0 Å². The molecule has 1 aromatic carbocycles. The number of nitrogens with zero attached hydrogens (tertiary/aromatic N) is 3. The SMILES string of the molecule is CC(C)c1nn(C)c(N2CCOCC2)c1CNCc1cccc(Br)c1. The molecule has 0 unspecified atom stereocenters. The van der Waals surface area contributed by atoms with Crippen LogP contribution in [-0.4, -0.2) is 36.1 Å². The molecule has 1 aromatic heterocycles. The Morgan fingerprint density at radius 1 is 1.24 bits per heavy atom. The lowest BCUT2D eigenvalue weighted by Gasteiger charge is -2.29. The molecule has 1 aliphatic heterocycles. The molecular weight excluding hydrogens is 380 g/mol. The summed E-state index contributed by atoms with van der Waals surface area (Å²) >= 11 is 3.54. The van der Waals surface area contributed by atoms with Crippen molar-refractivity contribution in [3.63, 3.8) is 0 Å². The first-order chi connectivity index (χ1) is 12.1. The lowest BCUT2D eigenvalue weighted by Crippen LogP contribution is -2.38. The summed E-state index contributed by atoms with van der Waals surface area (Å²) in [7, 11) is 2.05. The van der Waals surface area contributed by atoms with Gasteiger partial charge in [0, 0.05) is 43.3 Å². The van der Waals surface area contributed by atoms with Crippen molar-refractivity contribution in [2.45, 2.75) is 32.9 Å². The summed E-state index contributed by atoms with van der Waals surface area (Å²) in [4.78, 5) is 2.40. The van der Waals surface area contributed by atoms with Gasteiger partial charge in [0.15, 0.2) is 0 Å². The van der Waals surface area contributed by atoms with Crippen LogP contribution in [0.3, 0.4) is 0 Å². The minimum atomic E-state index is 0.406. The topological polar surface area (TPSA) is 42.3 Å². The van der Waals surface area contributed by atoms with Gasteiger partial charge in [-0.05, 0) is 23.6 Å². The smallest absolute Gasteiger partial charge is 0.131 e. The fourth-order valence-electron chi connectivity index (χ4n) is 3.36. The van der Waals surface area contributed by atoms with Crippen LogP contribution in [0.5, 0.6) is 0 Å². The Hall–Kier alpha value is -1.37. The molecule has 5 nitrogen and oxygen atoms in total. The van der Waals surface area contributed by atoms with E-state index in [0.29, 0.717) is 5.92 Å². The normalized spacial score (nSPS) is 15.2. The Labute approximate surface area is 158 Å². The molecule has 0 bridgehead atoms. The maximum absolute atomic E-state index is 5.51. The van der Waals surface area contributed by atoms with Gasteiger partial charge in [-0.3, -0.25) is 4.68 Å². The van der Waals surface area contributed by atoms with E-state index in [-0.39, 0.29) is 0 Å². The first-order valence-electron chi connectivity index (χ1n) is 8.90. The van der Waals surface area contributed by atoms with Crippen LogP contribution in [0, 0.1) is 0 Å². The molecule has 0 spiro atoms. The second kappa shape index (κ2) is 8.34. The Morgan fingerprint density at radius 2 is 2.00 bits per heavy atom. The average molecular weight is 407 g/mol. The highest BCUT2D eigenvalue weighted by atomic mass is 79.9. The van der Waals surface area contributed by atoms with Crippen molar-refractivity contribution in [2.75, 3.05) is 31.2 Å². The molecule has 0 radical (unpaired) electrons. The van der Waals surface area contributed by atoms with Gasteiger partial charge in [0.1, 0.15) is 5.82 Å². The highest BCUT2D eigenvalue weighted by Gasteiger charge is 2.23. The van der Waals surface area contributed by atoms with E-state index in [0.717, 1.165) is 43.9 Å². The summed E-state index contributed by atoms with van der Waals surface area (Å²) in [5, 5.41) is 8.41. The van der Waals surface area contributed by atoms with Crippen LogP contribution in [0.25, 0.3) is 0 Å². The molecule has 0 aliphatic carbocycles. The zero-order chi connectivity index (χ0) is 17.8. The number of anilines is 1. The molecule has 1 saturated heterocycles. The number of hydrogen-bond acceptors (Lipinski definition) is 4. The quantitative estimate of drug-likeness (QED) is 0.797. The van der Waals surface area contributed by atoms with E-state index in [1.807, 2.05) is 4.68 Å². The molecule has 136 valence electrons. The summed E-state index contributed by atoms with van der Waals surface area (Å²) in [5.74, 6) is 1.64. The summed E-state index contributed by atoms with van der Waals surface area (Å²) < 4.78 is 8.67. The number of benzene rings is 1. The predicted octanol–water partition coefficient (Wildman–Crippen LogP) is 3.43. The minimum absolute atomic E-state index is 0.406. The molecule has 1 fully saturated rings. The molecule has 2 heterocycles. The number of ether oxygens (including phenoxy) is 1. The number of halogens is 1. The van der Waals surface area contributed by atoms with Crippen LogP contribution in [0.15, 0.2) is 28.7 Å². The fraction of sp³-hybridized carbons (Fsp3) is 0.526. The van der Waals surface area contributed by atoms with Gasteiger partial charge >= 0.3 is 0 Å². The molecular formula is C19H27BrN4O. The van der Waals surface area contributed by atoms with E-state index >= 15 is 0 Å². The van der Waals surface area contributed by atoms with Gasteiger partial charge in [0.2, 0.25) is 0 Å². The van der Waals surface area contributed by atoms with Crippen molar-refractivity contribution >= 4 is 21.7 Å². The van der Waals surface area contributed by atoms with Crippen molar-refractivity contribution in [2.24, 2.45) is 7.05 Å². The maximum Gasteiger partial charge on any atom is 0.131 e. The second-order valence-corrected chi connectivity index (χ2v) is 7.71. The van der Waals surface area contributed by atoms with E-state index in [1.54, 1.807) is 0 Å². The first-order valence-corrected chi connectivity index (χ1v) is 9.69. The number of morpholine rings is 1. The van der Waals surface area contributed by atoms with Crippen LogP contribution in [-0.2, 0) is 24.9 Å². The maximum atomic E-state index is 5.51. The van der Waals surface area contributed by atoms with Crippen LogP contribution in [0.1, 0.15) is 36.6 Å². The van der Waals surface area contributed by atoms with Gasteiger partial charge in [0.25, 0.3) is 0 Å². The standard InChI is InChI=1S/C19H27BrN4O/c1-14(2)18-17(13-21-12-15-5-4-6-16(20)11-15)19(23(3)22-18)24-7-9-25-10-8-24/h4-6,11,14,21H,7-10,12-13H2,1-3H3. The van der Waals surface area contributed by atoms with Crippen molar-refractivity contribution in [3.8, 4) is 0 Å². The minimum Gasteiger partial charge on any atom is -0.378 e. The Bertz CT molecular complexity index is 707. The highest BCUT2D eigenvalue weighted by molar-refractivity contribution is 9.10. The number of aryl methyl sites for hydroxylation is 1. The number of hydrogen-bond donors (Lipinski definition) is 1. The van der Waals surface area contributed by atoms with Crippen LogP contribution in [0.4, 0.5) is 5.82 Å². The first kappa shape index (κ1) is 18.4. The van der Waals surface area contributed by atoms with E-state index in [2.05, 4.69) is 71.3 Å². The molecule has 0 saturated carbocycles. The van der Waals surface area contributed by atoms with E-state index in [4.69, 9.17) is 9.84 Å². The number of nitrogens with one attached hydrogen (secondary N) is 1. The second-order valence-electron chi connectivity index (χ2n) is 6.80. The van der Waals surface area contributed by atoms with E-state index in [9.17, 15) is 0 Å². The number of rotatable bonds is 6. The van der Waals surface area contributed by atoms with Gasteiger partial charge in [-0.1, -0.05) is 41.9 Å². The predicted molar refractivity (Wildman–Crippen MR) is 105 cm³/mol. The van der Waals surface area contributed by atoms with Crippen molar-refractivity contribution in [1.29, 1.82) is 0 Å². The average Bonchev–Trinajstić information content (AvgIpc) is 2.92. The molecule has 6 heteroatoms. The van der Waals surface area contributed by atoms with E-state index in [1.165, 1.54) is 22.6 Å². The lowest BCUT2D eigenvalue weighted by molar-refractivity contribution is 0.122. The monoisotopic (exact) mass is 406 g/mol. The van der Waals surface area contributed by atoms with Gasteiger partial charge in [-0.2, -0.15) is 5.10 Å². The molecule has 0 amide bonds. The number of aromatic nitrogens is 2. The third kappa shape index (κ3) is 4.43. The Morgan fingerprint density at radius 3 is 2.68 bits per heavy atom. The van der Waals surface area contributed by atoms with Gasteiger partial charge in [-0.15, -0.1) is 0 Å². The van der Waals surface area contributed by atoms with Crippen molar-refractivity contribution in [3.05, 3.63) is 45.6 Å². The zero-order valence-corrected chi connectivity index (χ0v) is 16.8. The summed E-state index contributed by atoms with van der Waals surface area (Å²) in [6.45, 7) is 9.51. The van der Waals surface area contributed by atoms with Crippen molar-refractivity contribution in [1.82, 2.24) is 15.1 Å². The van der Waals surface area contributed by atoms with E-state index < -0.39 is 0 Å². The van der Waals surface area contributed by atoms with Gasteiger partial charge in [0.05, 0.1) is 18.9 Å². The highest BCUT2D eigenvalue weighted by Crippen LogP contribution is 2.29. The Kier molecular flexibility index (Phi) is 6.15. The largest absolute Gasteiger partial charge is 0.378 e. The summed E-state index contributed by atoms with van der Waals surface area (Å²) in [6.07, 6.45) is 0. The third-order valence-electron chi connectivity index (χ3n) is 4.52. The van der Waals surface area contributed by atoms with Crippen LogP contribution < -0.4 is 10.2 Å².